The van der Waals surface area contributed by atoms with E-state index in [1.807, 2.05) is 4.90 Å². The number of anilines is 1. The molecule has 1 saturated heterocycles. The second kappa shape index (κ2) is 6.85. The number of carbonyl (C=O) groups excluding carboxylic acids is 2. The van der Waals surface area contributed by atoms with Gasteiger partial charge in [-0.1, -0.05) is 0 Å². The number of nitrogens with zero attached hydrogens (tertiary/aromatic N) is 2. The first-order valence-electron chi connectivity index (χ1n) is 6.55. The Morgan fingerprint density at radius 2 is 2.05 bits per heavy atom. The summed E-state index contributed by atoms with van der Waals surface area (Å²) < 4.78 is 9.85. The summed E-state index contributed by atoms with van der Waals surface area (Å²) in [7, 11) is 0. The maximum Gasteiger partial charge on any atom is 0.338 e. The predicted octanol–water partition coefficient (Wildman–Crippen LogP) is 0.0735. The number of esters is 1. The van der Waals surface area contributed by atoms with Crippen molar-refractivity contribution >= 4 is 23.3 Å². The number of nitro benzene ring substituents is 1. The summed E-state index contributed by atoms with van der Waals surface area (Å²) in [4.78, 5) is 34.8. The lowest BCUT2D eigenvalue weighted by atomic mass is 10.1. The average molecular weight is 309 g/mol. The highest BCUT2D eigenvalue weighted by Gasteiger charge is 2.23. The Kier molecular flexibility index (Phi) is 4.89. The quantitative estimate of drug-likeness (QED) is 0.463. The SMILES string of the molecule is NC(=O)COC(=O)c1ccc(N2CCOCC2)c([N+](=O)[O-])c1. The number of nitro groups is 1. The van der Waals surface area contributed by atoms with Crippen molar-refractivity contribution in [2.45, 2.75) is 0 Å². The Morgan fingerprint density at radius 1 is 1.36 bits per heavy atom. The van der Waals surface area contributed by atoms with E-state index < -0.39 is 23.4 Å². The van der Waals surface area contributed by atoms with Crippen molar-refractivity contribution in [1.82, 2.24) is 0 Å². The van der Waals surface area contributed by atoms with Gasteiger partial charge >= 0.3 is 5.97 Å². The Bertz CT molecular complexity index is 597. The number of morpholine rings is 1. The highest BCUT2D eigenvalue weighted by Crippen LogP contribution is 2.30. The zero-order valence-electron chi connectivity index (χ0n) is 11.7. The second-order valence-corrected chi connectivity index (χ2v) is 4.60. The van der Waals surface area contributed by atoms with E-state index in [1.54, 1.807) is 0 Å². The number of nitrogens with two attached hydrogens (primary N) is 1. The summed E-state index contributed by atoms with van der Waals surface area (Å²) in [5.41, 5.74) is 5.08. The average Bonchev–Trinajstić information content (AvgIpc) is 2.52. The molecule has 1 aromatic rings. The van der Waals surface area contributed by atoms with Crippen LogP contribution in [-0.4, -0.2) is 49.7 Å². The minimum Gasteiger partial charge on any atom is -0.452 e. The van der Waals surface area contributed by atoms with E-state index in [4.69, 9.17) is 10.5 Å². The minimum atomic E-state index is -0.838. The molecule has 9 nitrogen and oxygen atoms in total. The molecule has 0 radical (unpaired) electrons. The van der Waals surface area contributed by atoms with Crippen LogP contribution in [0.1, 0.15) is 10.4 Å². The molecule has 0 saturated carbocycles. The van der Waals surface area contributed by atoms with E-state index in [0.29, 0.717) is 32.0 Å². The molecule has 2 rings (SSSR count). The zero-order chi connectivity index (χ0) is 16.1. The van der Waals surface area contributed by atoms with Gasteiger partial charge in [0.25, 0.3) is 11.6 Å². The van der Waals surface area contributed by atoms with Crippen LogP contribution in [0.4, 0.5) is 11.4 Å². The molecular formula is C13H15N3O6. The molecule has 1 fully saturated rings. The molecule has 0 atom stereocenters. The number of hydrogen-bond acceptors (Lipinski definition) is 7. The number of rotatable bonds is 5. The van der Waals surface area contributed by atoms with Crippen molar-refractivity contribution in [2.75, 3.05) is 37.8 Å². The van der Waals surface area contributed by atoms with Gasteiger partial charge in [-0.25, -0.2) is 4.79 Å². The summed E-state index contributed by atoms with van der Waals surface area (Å²) in [5.74, 6) is -1.64. The van der Waals surface area contributed by atoms with Crippen molar-refractivity contribution < 1.29 is 24.0 Å². The van der Waals surface area contributed by atoms with Gasteiger partial charge in [0.2, 0.25) is 0 Å². The fourth-order valence-electron chi connectivity index (χ4n) is 2.09. The van der Waals surface area contributed by atoms with Crippen LogP contribution in [0.5, 0.6) is 0 Å². The second-order valence-electron chi connectivity index (χ2n) is 4.60. The Labute approximate surface area is 125 Å². The van der Waals surface area contributed by atoms with E-state index in [1.165, 1.54) is 12.1 Å². The molecule has 1 aliphatic rings. The van der Waals surface area contributed by atoms with Crippen LogP contribution >= 0.6 is 0 Å². The van der Waals surface area contributed by atoms with Crippen LogP contribution < -0.4 is 10.6 Å². The molecule has 1 aromatic carbocycles. The summed E-state index contributed by atoms with van der Waals surface area (Å²) in [6.45, 7) is 1.47. The monoisotopic (exact) mass is 309 g/mol. The Balaban J connectivity index is 2.24. The van der Waals surface area contributed by atoms with Crippen LogP contribution in [0, 0.1) is 10.1 Å². The van der Waals surface area contributed by atoms with E-state index in [-0.39, 0.29) is 11.3 Å². The molecule has 1 aliphatic heterocycles. The van der Waals surface area contributed by atoms with Gasteiger partial charge in [0.05, 0.1) is 23.7 Å². The topological polar surface area (TPSA) is 125 Å². The lowest BCUT2D eigenvalue weighted by molar-refractivity contribution is -0.384. The molecule has 1 heterocycles. The first-order valence-corrected chi connectivity index (χ1v) is 6.55. The number of ether oxygens (including phenoxy) is 2. The van der Waals surface area contributed by atoms with Crippen LogP contribution in [0.2, 0.25) is 0 Å². The fraction of sp³-hybridized carbons (Fsp3) is 0.385. The third-order valence-electron chi connectivity index (χ3n) is 3.11. The number of benzene rings is 1. The molecule has 118 valence electrons. The minimum absolute atomic E-state index is 0.00930. The van der Waals surface area contributed by atoms with Gasteiger partial charge in [-0.05, 0) is 12.1 Å². The van der Waals surface area contributed by atoms with Gasteiger partial charge in [0.1, 0.15) is 5.69 Å². The van der Waals surface area contributed by atoms with Gasteiger partial charge in [-0.3, -0.25) is 14.9 Å². The van der Waals surface area contributed by atoms with Gasteiger partial charge in [0, 0.05) is 19.2 Å². The highest BCUT2D eigenvalue weighted by atomic mass is 16.6. The molecule has 22 heavy (non-hydrogen) atoms. The molecule has 9 heteroatoms. The van der Waals surface area contributed by atoms with Crippen molar-refractivity contribution in [3.05, 3.63) is 33.9 Å². The molecule has 0 spiro atoms. The summed E-state index contributed by atoms with van der Waals surface area (Å²) in [5, 5.41) is 11.2. The van der Waals surface area contributed by atoms with Crippen molar-refractivity contribution in [3.63, 3.8) is 0 Å². The van der Waals surface area contributed by atoms with Crippen molar-refractivity contribution in [3.8, 4) is 0 Å². The van der Waals surface area contributed by atoms with Crippen LogP contribution in [0.25, 0.3) is 0 Å². The van der Waals surface area contributed by atoms with Crippen LogP contribution in [-0.2, 0) is 14.3 Å². The Morgan fingerprint density at radius 3 is 2.64 bits per heavy atom. The molecule has 0 aromatic heterocycles. The van der Waals surface area contributed by atoms with E-state index >= 15 is 0 Å². The molecular weight excluding hydrogens is 294 g/mol. The van der Waals surface area contributed by atoms with E-state index in [2.05, 4.69) is 4.74 Å². The van der Waals surface area contributed by atoms with E-state index in [0.717, 1.165) is 6.07 Å². The molecule has 0 aliphatic carbocycles. The summed E-state index contributed by atoms with van der Waals surface area (Å²) in [6, 6.07) is 4.04. The van der Waals surface area contributed by atoms with Crippen molar-refractivity contribution in [2.24, 2.45) is 5.73 Å². The number of carbonyl (C=O) groups is 2. The van der Waals surface area contributed by atoms with Gasteiger partial charge in [-0.15, -0.1) is 0 Å². The first-order chi connectivity index (χ1) is 10.5. The largest absolute Gasteiger partial charge is 0.452 e. The Hall–Kier alpha value is -2.68. The smallest absolute Gasteiger partial charge is 0.338 e. The first kappa shape index (κ1) is 15.7. The predicted molar refractivity (Wildman–Crippen MR) is 75.6 cm³/mol. The third-order valence-corrected chi connectivity index (χ3v) is 3.11. The lowest BCUT2D eigenvalue weighted by Gasteiger charge is -2.28. The summed E-state index contributed by atoms with van der Waals surface area (Å²) >= 11 is 0. The molecule has 0 bridgehead atoms. The van der Waals surface area contributed by atoms with Gasteiger partial charge in [0.15, 0.2) is 6.61 Å². The van der Waals surface area contributed by atoms with Gasteiger partial charge < -0.3 is 20.1 Å². The third kappa shape index (κ3) is 3.70. The van der Waals surface area contributed by atoms with Crippen LogP contribution in [0.3, 0.4) is 0 Å². The molecule has 0 unspecified atom stereocenters. The highest BCUT2D eigenvalue weighted by molar-refractivity contribution is 5.92. The maximum absolute atomic E-state index is 11.7. The number of primary amides is 1. The molecule has 2 N–H and O–H groups in total. The summed E-state index contributed by atoms with van der Waals surface area (Å²) in [6.07, 6.45) is 0. The number of amides is 1. The van der Waals surface area contributed by atoms with Crippen LogP contribution in [0.15, 0.2) is 18.2 Å². The molecule has 1 amide bonds. The normalized spacial score (nSPS) is 14.5. The fourth-order valence-corrected chi connectivity index (χ4v) is 2.09. The van der Waals surface area contributed by atoms with Gasteiger partial charge in [-0.2, -0.15) is 0 Å². The zero-order valence-corrected chi connectivity index (χ0v) is 11.7. The van der Waals surface area contributed by atoms with Crippen molar-refractivity contribution in [1.29, 1.82) is 0 Å². The van der Waals surface area contributed by atoms with E-state index in [9.17, 15) is 19.7 Å². The number of hydrogen-bond donors (Lipinski definition) is 1. The lowest BCUT2D eigenvalue weighted by Crippen LogP contribution is -2.36. The standard InChI is InChI=1S/C13H15N3O6/c14-12(17)8-22-13(18)9-1-2-10(11(7-9)16(19)20)15-3-5-21-6-4-15/h1-2,7H,3-6,8H2,(H2,14,17). The maximum atomic E-state index is 11.7.